The van der Waals surface area contributed by atoms with Crippen LogP contribution in [0.3, 0.4) is 0 Å². The molecule has 0 saturated carbocycles. The average molecular weight is 796 g/mol. The van der Waals surface area contributed by atoms with Crippen molar-refractivity contribution in [1.82, 2.24) is 0 Å². The highest BCUT2D eigenvalue weighted by Gasteiger charge is 2.21. The van der Waals surface area contributed by atoms with E-state index in [0.29, 0.717) is 0 Å². The molecule has 0 radical (unpaired) electrons. The van der Waals surface area contributed by atoms with Gasteiger partial charge in [-0.3, -0.25) is 0 Å². The van der Waals surface area contributed by atoms with Gasteiger partial charge in [0.1, 0.15) is 0 Å². The van der Waals surface area contributed by atoms with E-state index in [2.05, 4.69) is 51.7 Å². The SMILES string of the molecule is C=CS(CCCCCCCCCC)(CCCCCCCCCC)CCCCCCCCS(C=C)(CCCCCCCCCC)CCCCCCCCCC. The van der Waals surface area contributed by atoms with Crippen LogP contribution in [-0.2, 0) is 0 Å². The van der Waals surface area contributed by atoms with E-state index >= 15 is 0 Å². The molecule has 0 spiro atoms. The quantitative estimate of drug-likeness (QED) is 0.0538. The Hall–Kier alpha value is 0.180. The molecule has 0 aliphatic carbocycles. The van der Waals surface area contributed by atoms with Crippen molar-refractivity contribution in [3.05, 3.63) is 24.0 Å². The molecule has 0 N–H and O–H groups in total. The van der Waals surface area contributed by atoms with Crippen molar-refractivity contribution in [3.63, 3.8) is 0 Å². The first kappa shape index (κ1) is 54.2. The van der Waals surface area contributed by atoms with Gasteiger partial charge < -0.3 is 0 Å². The van der Waals surface area contributed by atoms with Gasteiger partial charge in [-0.05, 0) is 73.0 Å². The molecule has 0 aromatic heterocycles. The van der Waals surface area contributed by atoms with Crippen LogP contribution in [0.25, 0.3) is 0 Å². The first-order valence-electron chi connectivity index (χ1n) is 25.3. The molecule has 0 aromatic carbocycles. The first-order chi connectivity index (χ1) is 26.6. The van der Waals surface area contributed by atoms with Crippen LogP contribution in [0.4, 0.5) is 0 Å². The van der Waals surface area contributed by atoms with Crippen molar-refractivity contribution < 1.29 is 0 Å². The molecule has 0 rings (SSSR count). The Morgan fingerprint density at radius 2 is 0.352 bits per heavy atom. The van der Waals surface area contributed by atoms with Gasteiger partial charge >= 0.3 is 0 Å². The molecule has 0 nitrogen and oxygen atoms in total. The maximum atomic E-state index is 4.53. The summed E-state index contributed by atoms with van der Waals surface area (Å²) in [4.78, 5) is 0. The van der Waals surface area contributed by atoms with Gasteiger partial charge in [0.2, 0.25) is 0 Å². The number of hydrogen-bond donors (Lipinski definition) is 0. The van der Waals surface area contributed by atoms with Gasteiger partial charge in [-0.2, -0.15) is 0 Å². The van der Waals surface area contributed by atoms with E-state index < -0.39 is 20.1 Å². The minimum Gasteiger partial charge on any atom is -0.222 e. The fraction of sp³-hybridized carbons (Fsp3) is 0.923. The van der Waals surface area contributed by atoms with E-state index in [-0.39, 0.29) is 0 Å². The predicted molar refractivity (Wildman–Crippen MR) is 263 cm³/mol. The van der Waals surface area contributed by atoms with E-state index in [1.54, 1.807) is 0 Å². The van der Waals surface area contributed by atoms with Crippen molar-refractivity contribution in [1.29, 1.82) is 0 Å². The molecule has 0 saturated heterocycles. The van der Waals surface area contributed by atoms with Gasteiger partial charge in [0.25, 0.3) is 0 Å². The van der Waals surface area contributed by atoms with Crippen LogP contribution in [0.5, 0.6) is 0 Å². The lowest BCUT2D eigenvalue weighted by Crippen LogP contribution is -2.12. The lowest BCUT2D eigenvalue weighted by Gasteiger charge is -2.38. The second-order valence-electron chi connectivity index (χ2n) is 17.8. The van der Waals surface area contributed by atoms with E-state index in [9.17, 15) is 0 Å². The monoisotopic (exact) mass is 795 g/mol. The zero-order valence-corrected chi connectivity index (χ0v) is 40.1. The average Bonchev–Trinajstić information content (AvgIpc) is 3.19. The molecule has 0 aliphatic heterocycles. The molecular formula is C52H106S2. The van der Waals surface area contributed by atoms with Gasteiger partial charge in [0.05, 0.1) is 0 Å². The standard InChI is InChI=1S/C52H106S2/c1-7-13-17-21-25-29-35-41-47-53(11-5,48-42-36-30-26-22-18-14-8-2)51-45-39-33-34-40-46-52-54(12-6,49-43-37-31-27-23-19-15-9-3)50-44-38-32-28-24-20-16-10-4/h11-12H,5-10,13-52H2,1-4H3. The smallest absolute Gasteiger partial charge is 0.0194 e. The van der Waals surface area contributed by atoms with Gasteiger partial charge in [0, 0.05) is 0 Å². The highest BCUT2D eigenvalue weighted by molar-refractivity contribution is 8.36. The normalized spacial score (nSPS) is 12.7. The Kier molecular flexibility index (Phi) is 42.9. The second-order valence-corrected chi connectivity index (χ2v) is 25.4. The fourth-order valence-corrected chi connectivity index (χ4v) is 15.6. The lowest BCUT2D eigenvalue weighted by atomic mass is 10.1. The first-order valence-corrected chi connectivity index (χ1v) is 29.8. The summed E-state index contributed by atoms with van der Waals surface area (Å²) in [6, 6.07) is 0. The molecule has 0 unspecified atom stereocenters. The maximum absolute atomic E-state index is 4.53. The Balaban J connectivity index is 4.76. The summed E-state index contributed by atoms with van der Waals surface area (Å²) < 4.78 is 0. The molecule has 0 heterocycles. The molecule has 0 bridgehead atoms. The lowest BCUT2D eigenvalue weighted by molar-refractivity contribution is 0.583. The van der Waals surface area contributed by atoms with Gasteiger partial charge in [-0.15, -0.1) is 0 Å². The summed E-state index contributed by atoms with van der Waals surface area (Å²) in [6.07, 6.45) is 54.8. The summed E-state index contributed by atoms with van der Waals surface area (Å²) in [5.41, 5.74) is 0. The zero-order chi connectivity index (χ0) is 39.5. The summed E-state index contributed by atoms with van der Waals surface area (Å²) in [5.74, 6) is 8.87. The fourth-order valence-electron chi connectivity index (χ4n) is 8.69. The summed E-state index contributed by atoms with van der Waals surface area (Å²) in [7, 11) is -1.28. The third-order valence-electron chi connectivity index (χ3n) is 12.7. The summed E-state index contributed by atoms with van der Waals surface area (Å²) in [5, 5.41) is 5.04. The van der Waals surface area contributed by atoms with E-state index in [4.69, 9.17) is 0 Å². The third kappa shape index (κ3) is 34.2. The molecule has 0 fully saturated rings. The van der Waals surface area contributed by atoms with Crippen LogP contribution in [0.2, 0.25) is 0 Å². The Labute approximate surface area is 348 Å². The van der Waals surface area contributed by atoms with Crippen LogP contribution >= 0.6 is 20.1 Å². The summed E-state index contributed by atoms with van der Waals surface area (Å²) in [6.45, 7) is 18.4. The van der Waals surface area contributed by atoms with Crippen molar-refractivity contribution in [3.8, 4) is 0 Å². The number of rotatable bonds is 47. The highest BCUT2D eigenvalue weighted by Crippen LogP contribution is 2.53. The molecule has 0 atom stereocenters. The molecule has 326 valence electrons. The van der Waals surface area contributed by atoms with Crippen molar-refractivity contribution in [2.75, 3.05) is 34.5 Å². The molecule has 0 aliphatic rings. The topological polar surface area (TPSA) is 0 Å². The Morgan fingerprint density at radius 3 is 0.481 bits per heavy atom. The Morgan fingerprint density at radius 1 is 0.222 bits per heavy atom. The molecular weight excluding hydrogens is 689 g/mol. The van der Waals surface area contributed by atoms with Crippen LogP contribution in [0.1, 0.15) is 272 Å². The minimum atomic E-state index is -0.640. The van der Waals surface area contributed by atoms with Gasteiger partial charge in [-0.25, -0.2) is 20.1 Å². The van der Waals surface area contributed by atoms with Crippen LogP contribution in [0, 0.1) is 0 Å². The van der Waals surface area contributed by atoms with Crippen molar-refractivity contribution >= 4 is 20.1 Å². The molecule has 0 amide bonds. The van der Waals surface area contributed by atoms with Crippen molar-refractivity contribution in [2.45, 2.75) is 272 Å². The number of unbranched alkanes of at least 4 members (excludes halogenated alkanes) is 33. The largest absolute Gasteiger partial charge is 0.222 e. The number of hydrogen-bond acceptors (Lipinski definition) is 0. The predicted octanol–water partition coefficient (Wildman–Crippen LogP) is 19.8. The van der Waals surface area contributed by atoms with E-state index in [1.165, 1.54) is 279 Å². The van der Waals surface area contributed by atoms with Crippen LogP contribution in [0.15, 0.2) is 24.0 Å². The van der Waals surface area contributed by atoms with Gasteiger partial charge in [-0.1, -0.05) is 257 Å². The zero-order valence-electron chi connectivity index (χ0n) is 38.5. The molecule has 54 heavy (non-hydrogen) atoms. The molecule has 0 aromatic rings. The third-order valence-corrected chi connectivity index (χ3v) is 20.7. The second kappa shape index (κ2) is 42.8. The van der Waals surface area contributed by atoms with Crippen LogP contribution in [-0.4, -0.2) is 34.5 Å². The Bertz CT molecular complexity index is 641. The van der Waals surface area contributed by atoms with Crippen molar-refractivity contribution in [2.24, 2.45) is 0 Å². The summed E-state index contributed by atoms with van der Waals surface area (Å²) >= 11 is 0. The minimum absolute atomic E-state index is 0.640. The van der Waals surface area contributed by atoms with Crippen LogP contribution < -0.4 is 0 Å². The maximum Gasteiger partial charge on any atom is -0.0194 e. The van der Waals surface area contributed by atoms with E-state index in [0.717, 1.165) is 0 Å². The van der Waals surface area contributed by atoms with E-state index in [1.807, 2.05) is 0 Å². The highest BCUT2D eigenvalue weighted by atomic mass is 32.3. The van der Waals surface area contributed by atoms with Gasteiger partial charge in [0.15, 0.2) is 0 Å². The molecule has 2 heteroatoms.